The standard InChI is InChI=1S/C16H18N4O2/c1-12-10-18-13(11-17-12)16(22)20-8-6-19(7-9-20)14-4-2-3-5-15(14)21/h2-5,10-11,21H,6-9H2,1H3. The summed E-state index contributed by atoms with van der Waals surface area (Å²) in [5, 5.41) is 9.90. The summed E-state index contributed by atoms with van der Waals surface area (Å²) in [5.74, 6) is 0.177. The van der Waals surface area contributed by atoms with Gasteiger partial charge in [-0.2, -0.15) is 0 Å². The van der Waals surface area contributed by atoms with Crippen LogP contribution in [0.25, 0.3) is 0 Å². The topological polar surface area (TPSA) is 69.6 Å². The van der Waals surface area contributed by atoms with Crippen LogP contribution >= 0.6 is 0 Å². The predicted octanol–water partition coefficient (Wildman–Crippen LogP) is 1.45. The third-order valence-electron chi connectivity index (χ3n) is 3.79. The Labute approximate surface area is 129 Å². The minimum Gasteiger partial charge on any atom is -0.506 e. The molecule has 0 spiro atoms. The lowest BCUT2D eigenvalue weighted by Crippen LogP contribution is -2.49. The van der Waals surface area contributed by atoms with E-state index in [0.29, 0.717) is 31.9 Å². The molecule has 1 fully saturated rings. The van der Waals surface area contributed by atoms with Gasteiger partial charge in [-0.25, -0.2) is 4.98 Å². The quantitative estimate of drug-likeness (QED) is 0.909. The highest BCUT2D eigenvalue weighted by molar-refractivity contribution is 5.92. The molecule has 6 nitrogen and oxygen atoms in total. The Morgan fingerprint density at radius 2 is 1.82 bits per heavy atom. The number of hydrogen-bond donors (Lipinski definition) is 1. The predicted molar refractivity (Wildman–Crippen MR) is 83.0 cm³/mol. The minimum absolute atomic E-state index is 0.0931. The number of carbonyl (C=O) groups is 1. The van der Waals surface area contributed by atoms with E-state index in [4.69, 9.17) is 0 Å². The van der Waals surface area contributed by atoms with Crippen molar-refractivity contribution in [2.75, 3.05) is 31.1 Å². The molecule has 2 aromatic rings. The first-order valence-electron chi connectivity index (χ1n) is 7.26. The summed E-state index contributed by atoms with van der Waals surface area (Å²) in [5.41, 5.74) is 1.98. The van der Waals surface area contributed by atoms with Crippen molar-refractivity contribution in [2.24, 2.45) is 0 Å². The van der Waals surface area contributed by atoms with Crippen LogP contribution in [0.3, 0.4) is 0 Å². The number of aromatic nitrogens is 2. The molecule has 6 heteroatoms. The summed E-state index contributed by atoms with van der Waals surface area (Å²) in [4.78, 5) is 24.5. The second-order valence-corrected chi connectivity index (χ2v) is 5.31. The molecule has 1 saturated heterocycles. The number of benzene rings is 1. The first-order valence-corrected chi connectivity index (χ1v) is 7.26. The van der Waals surface area contributed by atoms with Crippen molar-refractivity contribution in [3.63, 3.8) is 0 Å². The van der Waals surface area contributed by atoms with Gasteiger partial charge in [0.05, 0.1) is 17.6 Å². The largest absolute Gasteiger partial charge is 0.506 e. The van der Waals surface area contributed by atoms with Crippen molar-refractivity contribution < 1.29 is 9.90 Å². The second-order valence-electron chi connectivity index (χ2n) is 5.31. The van der Waals surface area contributed by atoms with Gasteiger partial charge in [-0.15, -0.1) is 0 Å². The molecule has 1 amide bonds. The molecule has 1 aliphatic heterocycles. The van der Waals surface area contributed by atoms with Crippen molar-refractivity contribution in [1.29, 1.82) is 0 Å². The Morgan fingerprint density at radius 1 is 1.09 bits per heavy atom. The van der Waals surface area contributed by atoms with E-state index < -0.39 is 0 Å². The lowest BCUT2D eigenvalue weighted by molar-refractivity contribution is 0.0740. The minimum atomic E-state index is -0.0931. The molecule has 0 bridgehead atoms. The van der Waals surface area contributed by atoms with Gasteiger partial charge in [-0.3, -0.25) is 9.78 Å². The van der Waals surface area contributed by atoms with Crippen LogP contribution in [0.2, 0.25) is 0 Å². The summed E-state index contributed by atoms with van der Waals surface area (Å²) < 4.78 is 0. The van der Waals surface area contributed by atoms with E-state index >= 15 is 0 Å². The number of phenols is 1. The van der Waals surface area contributed by atoms with Crippen molar-refractivity contribution in [1.82, 2.24) is 14.9 Å². The van der Waals surface area contributed by atoms with Gasteiger partial charge in [0, 0.05) is 32.4 Å². The molecule has 2 heterocycles. The van der Waals surface area contributed by atoms with Gasteiger partial charge in [0.25, 0.3) is 5.91 Å². The highest BCUT2D eigenvalue weighted by Gasteiger charge is 2.24. The molecule has 3 rings (SSSR count). The van der Waals surface area contributed by atoms with Gasteiger partial charge in [-0.05, 0) is 19.1 Å². The number of amides is 1. The van der Waals surface area contributed by atoms with Crippen molar-refractivity contribution in [3.05, 3.63) is 48.0 Å². The first-order chi connectivity index (χ1) is 10.6. The van der Waals surface area contributed by atoms with Crippen LogP contribution < -0.4 is 4.90 Å². The van der Waals surface area contributed by atoms with Crippen molar-refractivity contribution in [2.45, 2.75) is 6.92 Å². The van der Waals surface area contributed by atoms with Crippen LogP contribution in [-0.2, 0) is 0 Å². The van der Waals surface area contributed by atoms with E-state index in [1.54, 1.807) is 23.2 Å². The average Bonchev–Trinajstić information content (AvgIpc) is 2.56. The number of rotatable bonds is 2. The summed E-state index contributed by atoms with van der Waals surface area (Å²) in [6, 6.07) is 7.26. The molecular formula is C16H18N4O2. The Bertz CT molecular complexity index is 664. The smallest absolute Gasteiger partial charge is 0.274 e. The second kappa shape index (κ2) is 6.01. The lowest BCUT2D eigenvalue weighted by atomic mass is 10.2. The maximum atomic E-state index is 12.4. The van der Waals surface area contributed by atoms with Crippen LogP contribution in [-0.4, -0.2) is 52.1 Å². The van der Waals surface area contributed by atoms with E-state index in [-0.39, 0.29) is 11.7 Å². The molecule has 0 radical (unpaired) electrons. The highest BCUT2D eigenvalue weighted by Crippen LogP contribution is 2.27. The number of piperazine rings is 1. The summed E-state index contributed by atoms with van der Waals surface area (Å²) >= 11 is 0. The number of nitrogens with zero attached hydrogens (tertiary/aromatic N) is 4. The zero-order valence-electron chi connectivity index (χ0n) is 12.4. The van der Waals surface area contributed by atoms with Gasteiger partial charge in [0.1, 0.15) is 11.4 Å². The van der Waals surface area contributed by atoms with Gasteiger partial charge in [-0.1, -0.05) is 12.1 Å². The fourth-order valence-electron chi connectivity index (χ4n) is 2.55. The zero-order valence-corrected chi connectivity index (χ0v) is 12.4. The average molecular weight is 298 g/mol. The van der Waals surface area contributed by atoms with Crippen LogP contribution in [0.15, 0.2) is 36.7 Å². The third-order valence-corrected chi connectivity index (χ3v) is 3.79. The summed E-state index contributed by atoms with van der Waals surface area (Å²) in [6.07, 6.45) is 3.12. The molecule has 1 aromatic carbocycles. The number of aromatic hydroxyl groups is 1. The van der Waals surface area contributed by atoms with E-state index in [9.17, 15) is 9.90 Å². The van der Waals surface area contributed by atoms with Crippen LogP contribution in [0.1, 0.15) is 16.2 Å². The first kappa shape index (κ1) is 14.3. The molecule has 0 unspecified atom stereocenters. The Balaban J connectivity index is 1.65. The number of aryl methyl sites for hydroxylation is 1. The number of carbonyl (C=O) groups excluding carboxylic acids is 1. The fourth-order valence-corrected chi connectivity index (χ4v) is 2.55. The maximum Gasteiger partial charge on any atom is 0.274 e. The summed E-state index contributed by atoms with van der Waals surface area (Å²) in [7, 11) is 0. The van der Waals surface area contributed by atoms with Crippen LogP contribution in [0, 0.1) is 6.92 Å². The van der Waals surface area contributed by atoms with Crippen molar-refractivity contribution in [3.8, 4) is 5.75 Å². The molecule has 22 heavy (non-hydrogen) atoms. The number of hydrogen-bond acceptors (Lipinski definition) is 5. The highest BCUT2D eigenvalue weighted by atomic mass is 16.3. The number of anilines is 1. The van der Waals surface area contributed by atoms with Crippen molar-refractivity contribution >= 4 is 11.6 Å². The van der Waals surface area contributed by atoms with Crippen LogP contribution in [0.5, 0.6) is 5.75 Å². The Hall–Kier alpha value is -2.63. The van der Waals surface area contributed by atoms with Gasteiger partial charge < -0.3 is 14.9 Å². The van der Waals surface area contributed by atoms with E-state index in [2.05, 4.69) is 14.9 Å². The third kappa shape index (κ3) is 2.86. The van der Waals surface area contributed by atoms with Crippen LogP contribution in [0.4, 0.5) is 5.69 Å². The molecule has 0 atom stereocenters. The monoisotopic (exact) mass is 298 g/mol. The van der Waals surface area contributed by atoms with E-state index in [1.165, 1.54) is 6.20 Å². The van der Waals surface area contributed by atoms with Gasteiger partial charge in [0.15, 0.2) is 0 Å². The summed E-state index contributed by atoms with van der Waals surface area (Å²) in [6.45, 7) is 4.41. The SMILES string of the molecule is Cc1cnc(C(=O)N2CCN(c3ccccc3O)CC2)cn1. The molecule has 1 aromatic heterocycles. The Morgan fingerprint density at radius 3 is 2.45 bits per heavy atom. The fraction of sp³-hybridized carbons (Fsp3) is 0.312. The molecule has 0 aliphatic carbocycles. The number of para-hydroxylation sites is 2. The lowest BCUT2D eigenvalue weighted by Gasteiger charge is -2.36. The van der Waals surface area contributed by atoms with Gasteiger partial charge in [0.2, 0.25) is 0 Å². The molecule has 0 saturated carbocycles. The Kier molecular flexibility index (Phi) is 3.91. The molecular weight excluding hydrogens is 280 g/mol. The normalized spacial score (nSPS) is 15.0. The molecule has 1 N–H and O–H groups in total. The van der Waals surface area contributed by atoms with E-state index in [1.807, 2.05) is 19.1 Å². The zero-order chi connectivity index (χ0) is 15.5. The maximum absolute atomic E-state index is 12.4. The molecule has 114 valence electrons. The number of phenolic OH excluding ortho intramolecular Hbond substituents is 1. The molecule has 1 aliphatic rings. The van der Waals surface area contributed by atoms with Gasteiger partial charge >= 0.3 is 0 Å². The van der Waals surface area contributed by atoms with E-state index in [0.717, 1.165) is 11.4 Å².